The Hall–Kier alpha value is -0.803. The van der Waals surface area contributed by atoms with Gasteiger partial charge in [-0.1, -0.05) is 39.3 Å². The molecule has 0 aliphatic carbocycles. The van der Waals surface area contributed by atoms with E-state index in [9.17, 15) is 8.42 Å². The van der Waals surface area contributed by atoms with Crippen molar-refractivity contribution in [1.29, 1.82) is 0 Å². The van der Waals surface area contributed by atoms with E-state index in [-0.39, 0.29) is 39.7 Å². The Morgan fingerprint density at radius 1 is 1.19 bits per heavy atom. The van der Waals surface area contributed by atoms with Crippen LogP contribution in [0.3, 0.4) is 0 Å². The molecule has 1 aromatic rings. The molecular weight excluding hydrogens is 456 g/mol. The summed E-state index contributed by atoms with van der Waals surface area (Å²) in [5.74, 6) is 0.510. The van der Waals surface area contributed by atoms with E-state index in [0.717, 1.165) is 18.4 Å². The molecule has 0 N–H and O–H groups in total. The van der Waals surface area contributed by atoms with Gasteiger partial charge in [-0.05, 0) is 55.1 Å². The third-order valence-corrected chi connectivity index (χ3v) is 12.5. The highest BCUT2D eigenvalue weighted by Gasteiger charge is 2.37. The molecule has 0 saturated carbocycles. The van der Waals surface area contributed by atoms with Crippen LogP contribution in [0.4, 0.5) is 0 Å². The largest absolute Gasteiger partial charge is 0.493 e. The average molecular weight is 493 g/mol. The fraction of sp³-hybridized carbons (Fsp3) is 0.727. The second-order valence-corrected chi connectivity index (χ2v) is 16.8. The fourth-order valence-electron chi connectivity index (χ4n) is 3.09. The molecule has 2 rings (SSSR count). The number of hydrogen-bond donors (Lipinski definition) is 0. The van der Waals surface area contributed by atoms with Gasteiger partial charge in [0.2, 0.25) is 0 Å². The van der Waals surface area contributed by atoms with E-state index < -0.39 is 18.2 Å². The highest BCUT2D eigenvalue weighted by atomic mass is 35.5. The van der Waals surface area contributed by atoms with Gasteiger partial charge in [0.25, 0.3) is 0 Å². The van der Waals surface area contributed by atoms with E-state index in [1.165, 1.54) is 7.11 Å². The third-order valence-electron chi connectivity index (χ3n) is 6.01. The predicted octanol–water partition coefficient (Wildman–Crippen LogP) is 5.70. The van der Waals surface area contributed by atoms with Crippen molar-refractivity contribution < 1.29 is 27.1 Å². The lowest BCUT2D eigenvalue weighted by atomic mass is 10.1. The lowest BCUT2D eigenvalue weighted by molar-refractivity contribution is 0.0883. The minimum absolute atomic E-state index is 0.00715. The topological polar surface area (TPSA) is 71.1 Å². The molecule has 178 valence electrons. The SMILES string of the molecule is CCCOc1c(OC)cc([C@@H]2CC[C@H](Cl)O2)cc1S(=O)(=O)CCO[Si](C)(C)C(C)(C)C. The average Bonchev–Trinajstić information content (AvgIpc) is 3.10. The van der Waals surface area contributed by atoms with Gasteiger partial charge in [-0.3, -0.25) is 0 Å². The highest BCUT2D eigenvalue weighted by molar-refractivity contribution is 7.91. The van der Waals surface area contributed by atoms with Crippen LogP contribution in [0.5, 0.6) is 11.5 Å². The van der Waals surface area contributed by atoms with Crippen LogP contribution in [-0.4, -0.2) is 48.4 Å². The molecule has 1 fully saturated rings. The van der Waals surface area contributed by atoms with Gasteiger partial charge in [-0.2, -0.15) is 0 Å². The number of halogens is 1. The third kappa shape index (κ3) is 6.60. The Bertz CT molecular complexity index is 850. The van der Waals surface area contributed by atoms with Crippen molar-refractivity contribution in [3.05, 3.63) is 17.7 Å². The first-order chi connectivity index (χ1) is 14.3. The van der Waals surface area contributed by atoms with Crippen LogP contribution < -0.4 is 9.47 Å². The second-order valence-electron chi connectivity index (χ2n) is 9.44. The number of rotatable bonds is 10. The summed E-state index contributed by atoms with van der Waals surface area (Å²) >= 11 is 6.10. The van der Waals surface area contributed by atoms with Gasteiger partial charge in [0.15, 0.2) is 29.7 Å². The van der Waals surface area contributed by atoms with Crippen LogP contribution in [0.25, 0.3) is 0 Å². The van der Waals surface area contributed by atoms with Crippen LogP contribution in [0, 0.1) is 0 Å². The molecule has 0 radical (unpaired) electrons. The van der Waals surface area contributed by atoms with Crippen molar-refractivity contribution in [2.45, 2.75) is 81.7 Å². The molecule has 1 aliphatic rings. The second kappa shape index (κ2) is 10.4. The van der Waals surface area contributed by atoms with E-state index in [1.54, 1.807) is 12.1 Å². The Balaban J connectivity index is 2.37. The normalized spacial score (nSPS) is 20.1. The standard InChI is InChI=1S/C22H37ClO6SSi/c1-8-11-27-21-18(26-5)14-16(17-9-10-20(23)29-17)15-19(21)30(24,25)13-12-28-31(6,7)22(2,3)4/h14-15,17,20H,8-13H2,1-7H3/t17-,20+/m0/s1. The van der Waals surface area contributed by atoms with Crippen LogP contribution >= 0.6 is 11.6 Å². The van der Waals surface area contributed by atoms with Crippen LogP contribution in [0.2, 0.25) is 18.1 Å². The first kappa shape index (κ1) is 26.4. The summed E-state index contributed by atoms with van der Waals surface area (Å²) in [6.07, 6.45) is 1.92. The van der Waals surface area contributed by atoms with Crippen molar-refractivity contribution in [2.24, 2.45) is 0 Å². The van der Waals surface area contributed by atoms with E-state index >= 15 is 0 Å². The molecule has 1 aliphatic heterocycles. The van der Waals surface area contributed by atoms with Gasteiger partial charge >= 0.3 is 0 Å². The minimum Gasteiger partial charge on any atom is -0.493 e. The maximum atomic E-state index is 13.4. The minimum atomic E-state index is -3.68. The lowest BCUT2D eigenvalue weighted by Crippen LogP contribution is -2.41. The summed E-state index contributed by atoms with van der Waals surface area (Å²) in [4.78, 5) is 0.121. The molecule has 1 saturated heterocycles. The zero-order valence-corrected chi connectivity index (χ0v) is 22.4. The lowest BCUT2D eigenvalue weighted by Gasteiger charge is -2.36. The first-order valence-electron chi connectivity index (χ1n) is 10.8. The molecule has 0 spiro atoms. The zero-order chi connectivity index (χ0) is 23.4. The van der Waals surface area contributed by atoms with Crippen molar-refractivity contribution in [1.82, 2.24) is 0 Å². The number of hydrogen-bond acceptors (Lipinski definition) is 6. The van der Waals surface area contributed by atoms with Crippen LogP contribution in [-0.2, 0) is 19.0 Å². The number of methoxy groups -OCH3 is 1. The number of sulfone groups is 1. The summed E-state index contributed by atoms with van der Waals surface area (Å²) in [5.41, 5.74) is 0.359. The van der Waals surface area contributed by atoms with E-state index in [0.29, 0.717) is 18.8 Å². The first-order valence-corrected chi connectivity index (χ1v) is 15.8. The molecule has 1 heterocycles. The van der Waals surface area contributed by atoms with Crippen molar-refractivity contribution in [2.75, 3.05) is 26.1 Å². The molecule has 1 aromatic carbocycles. The molecule has 0 amide bonds. The van der Waals surface area contributed by atoms with Crippen molar-refractivity contribution >= 4 is 29.8 Å². The molecule has 0 aromatic heterocycles. The van der Waals surface area contributed by atoms with Gasteiger partial charge in [-0.15, -0.1) is 0 Å². The Kier molecular flexibility index (Phi) is 8.89. The molecule has 0 unspecified atom stereocenters. The summed E-state index contributed by atoms with van der Waals surface area (Å²) in [6, 6.07) is 3.44. The van der Waals surface area contributed by atoms with E-state index in [4.69, 9.17) is 30.2 Å². The predicted molar refractivity (Wildman–Crippen MR) is 127 cm³/mol. The smallest absolute Gasteiger partial charge is 0.192 e. The van der Waals surface area contributed by atoms with Crippen LogP contribution in [0.1, 0.15) is 58.6 Å². The number of benzene rings is 1. The molecule has 9 heteroatoms. The van der Waals surface area contributed by atoms with Crippen molar-refractivity contribution in [3.8, 4) is 11.5 Å². The Morgan fingerprint density at radius 2 is 1.87 bits per heavy atom. The summed E-state index contributed by atoms with van der Waals surface area (Å²) in [6.45, 7) is 13.1. The molecule has 0 bridgehead atoms. The van der Waals surface area contributed by atoms with Gasteiger partial charge in [-0.25, -0.2) is 8.42 Å². The quantitative estimate of drug-likeness (QED) is 0.308. The van der Waals surface area contributed by atoms with Gasteiger partial charge in [0.1, 0.15) is 10.5 Å². The van der Waals surface area contributed by atoms with Gasteiger partial charge < -0.3 is 18.6 Å². The van der Waals surface area contributed by atoms with Gasteiger partial charge in [0.05, 0.1) is 25.6 Å². The summed E-state index contributed by atoms with van der Waals surface area (Å²) in [5, 5.41) is 0.00715. The maximum absolute atomic E-state index is 13.4. The maximum Gasteiger partial charge on any atom is 0.192 e. The molecule has 2 atom stereocenters. The highest BCUT2D eigenvalue weighted by Crippen LogP contribution is 2.42. The van der Waals surface area contributed by atoms with Crippen molar-refractivity contribution in [3.63, 3.8) is 0 Å². The molecule has 31 heavy (non-hydrogen) atoms. The van der Waals surface area contributed by atoms with E-state index in [1.807, 2.05) is 6.92 Å². The summed E-state index contributed by atoms with van der Waals surface area (Å²) < 4.78 is 50.0. The molecule has 6 nitrogen and oxygen atoms in total. The Morgan fingerprint density at radius 3 is 2.39 bits per heavy atom. The van der Waals surface area contributed by atoms with E-state index in [2.05, 4.69) is 33.9 Å². The summed E-state index contributed by atoms with van der Waals surface area (Å²) in [7, 11) is -4.23. The zero-order valence-electron chi connectivity index (χ0n) is 19.8. The number of ether oxygens (including phenoxy) is 3. The van der Waals surface area contributed by atoms with Crippen LogP contribution in [0.15, 0.2) is 17.0 Å². The monoisotopic (exact) mass is 492 g/mol. The van der Waals surface area contributed by atoms with Gasteiger partial charge in [0, 0.05) is 6.61 Å². The number of alkyl halides is 1. The Labute approximate surface area is 193 Å². The fourth-order valence-corrected chi connectivity index (χ4v) is 5.81. The molecular formula is C22H37ClO6SSi.